The van der Waals surface area contributed by atoms with Crippen LogP contribution >= 0.6 is 11.7 Å². The molecule has 0 aliphatic carbocycles. The summed E-state index contributed by atoms with van der Waals surface area (Å²) >= 11 is 0.865. The molecule has 1 fully saturated rings. The summed E-state index contributed by atoms with van der Waals surface area (Å²) in [7, 11) is 0. The van der Waals surface area contributed by atoms with Crippen molar-refractivity contribution in [2.24, 2.45) is 0 Å². The molecule has 7 nitrogen and oxygen atoms in total. The maximum atomic E-state index is 10.3. The van der Waals surface area contributed by atoms with Crippen LogP contribution in [0.25, 0.3) is 0 Å². The van der Waals surface area contributed by atoms with Gasteiger partial charge in [0.05, 0.1) is 27.7 Å². The minimum atomic E-state index is -2.71. The van der Waals surface area contributed by atoms with Gasteiger partial charge in [0.2, 0.25) is 5.82 Å². The van der Waals surface area contributed by atoms with Crippen molar-refractivity contribution in [1.29, 1.82) is 0 Å². The monoisotopic (exact) mass is 320 g/mol. The van der Waals surface area contributed by atoms with Crippen molar-refractivity contribution >= 4 is 17.5 Å². The molecule has 1 aliphatic heterocycles. The molecule has 0 saturated carbocycles. The number of nitrogens with one attached hydrogen (secondary N) is 1. The van der Waals surface area contributed by atoms with Crippen LogP contribution in [-0.2, 0) is 4.74 Å². The van der Waals surface area contributed by atoms with Crippen molar-refractivity contribution in [3.05, 3.63) is 0 Å². The molecule has 8 heteroatoms. The smallest absolute Gasteiger partial charge is 0.270 e. The molecule has 2 rings (SSSR count). The van der Waals surface area contributed by atoms with E-state index in [1.807, 2.05) is 4.90 Å². The SMILES string of the molecule is [2H]C([2H])(NC(C)(C)C)[C@H](O)C([2H])([2H])Oc1nsnc1N1CCOCC1. The minimum absolute atomic E-state index is 0.0671. The molecule has 0 aromatic carbocycles. The lowest BCUT2D eigenvalue weighted by atomic mass is 10.1. The number of hydrogen-bond acceptors (Lipinski definition) is 8. The lowest BCUT2D eigenvalue weighted by Crippen LogP contribution is -2.42. The van der Waals surface area contributed by atoms with Crippen LogP contribution < -0.4 is 15.0 Å². The summed E-state index contributed by atoms with van der Waals surface area (Å²) in [5.41, 5.74) is -0.665. The highest BCUT2D eigenvalue weighted by Crippen LogP contribution is 2.26. The predicted octanol–water partition coefficient (Wildman–Crippen LogP) is 0.502. The van der Waals surface area contributed by atoms with E-state index in [1.165, 1.54) is 0 Å². The van der Waals surface area contributed by atoms with E-state index in [0.29, 0.717) is 32.1 Å². The molecule has 21 heavy (non-hydrogen) atoms. The first-order valence-corrected chi connectivity index (χ1v) is 7.47. The first-order chi connectivity index (χ1) is 11.4. The second kappa shape index (κ2) is 7.35. The first-order valence-electron chi connectivity index (χ1n) is 8.74. The highest BCUT2D eigenvalue weighted by Gasteiger charge is 2.21. The number of morpholine rings is 1. The zero-order valence-electron chi connectivity index (χ0n) is 16.4. The van der Waals surface area contributed by atoms with Crippen molar-refractivity contribution in [2.75, 3.05) is 44.3 Å². The van der Waals surface area contributed by atoms with Gasteiger partial charge < -0.3 is 24.8 Å². The first kappa shape index (κ1) is 11.6. The maximum absolute atomic E-state index is 10.3. The fourth-order valence-electron chi connectivity index (χ4n) is 1.63. The third-order valence-corrected chi connectivity index (χ3v) is 3.11. The Morgan fingerprint density at radius 3 is 2.86 bits per heavy atom. The van der Waals surface area contributed by atoms with Crippen LogP contribution in [0, 0.1) is 0 Å². The van der Waals surface area contributed by atoms with Crippen LogP contribution in [-0.4, -0.2) is 64.9 Å². The van der Waals surface area contributed by atoms with Crippen molar-refractivity contribution in [1.82, 2.24) is 14.1 Å². The molecule has 1 saturated heterocycles. The van der Waals surface area contributed by atoms with Crippen LogP contribution in [0.1, 0.15) is 26.3 Å². The normalized spacial score (nSPS) is 22.0. The molecule has 1 aromatic heterocycles. The van der Waals surface area contributed by atoms with Crippen LogP contribution in [0.5, 0.6) is 5.88 Å². The Kier molecular flexibility index (Phi) is 4.05. The zero-order chi connectivity index (χ0) is 18.9. The summed E-state index contributed by atoms with van der Waals surface area (Å²) in [5, 5.41) is 12.8. The molecule has 1 aliphatic rings. The average Bonchev–Trinajstić information content (AvgIpc) is 2.92. The van der Waals surface area contributed by atoms with E-state index in [1.54, 1.807) is 20.8 Å². The summed E-state index contributed by atoms with van der Waals surface area (Å²) < 4.78 is 50.5. The van der Waals surface area contributed by atoms with Gasteiger partial charge in [0.1, 0.15) is 12.7 Å². The maximum Gasteiger partial charge on any atom is 0.270 e. The number of β-amino-alcohol motifs (C(OH)–C–C–N with tert-alkyl or cyclic N) is 1. The van der Waals surface area contributed by atoms with E-state index in [2.05, 4.69) is 14.1 Å². The summed E-state index contributed by atoms with van der Waals surface area (Å²) in [6.07, 6.45) is -2.08. The average molecular weight is 320 g/mol. The Hall–Kier alpha value is -0.960. The molecular weight excluding hydrogens is 292 g/mol. The summed E-state index contributed by atoms with van der Waals surface area (Å²) in [5.74, 6) is 0.302. The van der Waals surface area contributed by atoms with E-state index in [4.69, 9.17) is 15.0 Å². The summed E-state index contributed by atoms with van der Waals surface area (Å²) in [4.78, 5) is 1.85. The molecular formula is C13H24N4O3S. The Labute approximate surface area is 135 Å². The fourth-order valence-corrected chi connectivity index (χ4v) is 2.14. The van der Waals surface area contributed by atoms with Crippen molar-refractivity contribution in [3.63, 3.8) is 0 Å². The van der Waals surface area contributed by atoms with E-state index >= 15 is 0 Å². The fraction of sp³-hybridized carbons (Fsp3) is 0.846. The van der Waals surface area contributed by atoms with Gasteiger partial charge in [-0.1, -0.05) is 0 Å². The molecule has 120 valence electrons. The highest BCUT2D eigenvalue weighted by molar-refractivity contribution is 6.99. The van der Waals surface area contributed by atoms with Crippen molar-refractivity contribution < 1.29 is 20.1 Å². The second-order valence-electron chi connectivity index (χ2n) is 5.63. The molecule has 0 amide bonds. The number of aromatic nitrogens is 2. The Morgan fingerprint density at radius 2 is 2.19 bits per heavy atom. The third-order valence-electron chi connectivity index (χ3n) is 2.60. The third kappa shape index (κ3) is 5.39. The van der Waals surface area contributed by atoms with E-state index in [9.17, 15) is 5.11 Å². The Bertz CT molecular complexity index is 576. The van der Waals surface area contributed by atoms with Gasteiger partial charge in [-0.05, 0) is 20.8 Å². The van der Waals surface area contributed by atoms with Gasteiger partial charge in [0, 0.05) is 27.9 Å². The lowest BCUT2D eigenvalue weighted by molar-refractivity contribution is 0.0975. The van der Waals surface area contributed by atoms with Gasteiger partial charge in [-0.3, -0.25) is 0 Å². The molecule has 0 radical (unpaired) electrons. The summed E-state index contributed by atoms with van der Waals surface area (Å²) in [6.45, 7) is 2.20. The number of nitrogens with zero attached hydrogens (tertiary/aromatic N) is 3. The van der Waals surface area contributed by atoms with Crippen LogP contribution in [0.4, 0.5) is 5.82 Å². The number of rotatable bonds is 6. The van der Waals surface area contributed by atoms with Gasteiger partial charge in [-0.2, -0.15) is 4.37 Å². The van der Waals surface area contributed by atoms with Crippen LogP contribution in [0.2, 0.25) is 0 Å². The molecule has 2 N–H and O–H groups in total. The van der Waals surface area contributed by atoms with Gasteiger partial charge in [0.25, 0.3) is 5.88 Å². The highest BCUT2D eigenvalue weighted by atomic mass is 32.1. The quantitative estimate of drug-likeness (QED) is 0.790. The number of aliphatic hydroxyl groups is 1. The van der Waals surface area contributed by atoms with Gasteiger partial charge in [-0.25, -0.2) is 0 Å². The molecule has 0 spiro atoms. The van der Waals surface area contributed by atoms with E-state index < -0.39 is 24.7 Å². The number of aliphatic hydroxyl groups excluding tert-OH is 1. The Morgan fingerprint density at radius 1 is 1.48 bits per heavy atom. The predicted molar refractivity (Wildman–Crippen MR) is 82.2 cm³/mol. The minimum Gasteiger partial charge on any atom is -0.472 e. The van der Waals surface area contributed by atoms with Crippen LogP contribution in [0.15, 0.2) is 0 Å². The Balaban J connectivity index is 2.14. The molecule has 0 bridgehead atoms. The van der Waals surface area contributed by atoms with Crippen LogP contribution in [0.3, 0.4) is 0 Å². The zero-order valence-corrected chi connectivity index (χ0v) is 13.2. The van der Waals surface area contributed by atoms with Gasteiger partial charge in [0.15, 0.2) is 0 Å². The number of ether oxygens (including phenoxy) is 2. The molecule has 1 atom stereocenters. The number of hydrogen-bond donors (Lipinski definition) is 2. The topological polar surface area (TPSA) is 79.7 Å². The molecule has 2 heterocycles. The molecule has 0 unspecified atom stereocenters. The second-order valence-corrected chi connectivity index (χ2v) is 6.16. The largest absolute Gasteiger partial charge is 0.472 e. The van der Waals surface area contributed by atoms with Crippen molar-refractivity contribution in [2.45, 2.75) is 32.4 Å². The standard InChI is InChI=1S/C13H24N4O3S/c1-13(2,3)14-8-10(18)9-20-12-11(15-21-16-12)17-4-6-19-7-5-17/h10,14,18H,4-9H2,1-3H3/t10-/m0/s1/i8D2,9D2. The number of anilines is 1. The van der Waals surface area contributed by atoms with Gasteiger partial charge in [-0.15, -0.1) is 4.37 Å². The van der Waals surface area contributed by atoms with E-state index in [-0.39, 0.29) is 5.88 Å². The van der Waals surface area contributed by atoms with Crippen molar-refractivity contribution in [3.8, 4) is 5.88 Å². The van der Waals surface area contributed by atoms with Gasteiger partial charge >= 0.3 is 0 Å². The van der Waals surface area contributed by atoms with E-state index in [0.717, 1.165) is 11.7 Å². The lowest BCUT2D eigenvalue weighted by Gasteiger charge is -2.27. The molecule has 1 aromatic rings. The summed E-state index contributed by atoms with van der Waals surface area (Å²) in [6, 6.07) is 0.